The van der Waals surface area contributed by atoms with Crippen LogP contribution in [0.5, 0.6) is 0 Å². The van der Waals surface area contributed by atoms with E-state index in [1.54, 1.807) is 24.3 Å². The molecule has 2 aromatic carbocycles. The van der Waals surface area contributed by atoms with E-state index in [1.807, 2.05) is 12.1 Å². The zero-order valence-corrected chi connectivity index (χ0v) is 17.1. The molecule has 2 aromatic rings. The second-order valence-electron chi connectivity index (χ2n) is 7.32. The molecule has 0 amide bonds. The van der Waals surface area contributed by atoms with Gasteiger partial charge in [-0.25, -0.2) is 8.42 Å². The highest BCUT2D eigenvalue weighted by molar-refractivity contribution is 7.89. The van der Waals surface area contributed by atoms with Crippen LogP contribution in [0.25, 0.3) is 0 Å². The second kappa shape index (κ2) is 7.35. The van der Waals surface area contributed by atoms with Crippen molar-refractivity contribution in [3.63, 3.8) is 0 Å². The first-order valence-corrected chi connectivity index (χ1v) is 13.3. The van der Waals surface area contributed by atoms with Crippen molar-refractivity contribution < 1.29 is 8.42 Å². The lowest BCUT2D eigenvalue weighted by Crippen LogP contribution is -2.39. The fraction of sp³-hybridized carbons (Fsp3) is 0.238. The molecule has 0 aromatic heterocycles. The fourth-order valence-corrected chi connectivity index (χ4v) is 6.65. The number of hydrogen-bond donors (Lipinski definition) is 0. The zero-order chi connectivity index (χ0) is 18.8. The van der Waals surface area contributed by atoms with E-state index in [4.69, 9.17) is 0 Å². The molecule has 0 N–H and O–H groups in total. The predicted molar refractivity (Wildman–Crippen MR) is 111 cm³/mol. The molecule has 1 aliphatic heterocycles. The van der Waals surface area contributed by atoms with Gasteiger partial charge in [-0.05, 0) is 12.1 Å². The van der Waals surface area contributed by atoms with Crippen LogP contribution in [0.3, 0.4) is 0 Å². The minimum absolute atomic E-state index is 0.0731. The molecule has 3 rings (SSSR count). The van der Waals surface area contributed by atoms with E-state index in [0.717, 1.165) is 5.57 Å². The molecule has 1 aliphatic rings. The van der Waals surface area contributed by atoms with Gasteiger partial charge in [0.25, 0.3) is 0 Å². The molecule has 0 aliphatic carbocycles. The van der Waals surface area contributed by atoms with E-state index >= 15 is 0 Å². The molecule has 0 radical (unpaired) electrons. The van der Waals surface area contributed by atoms with Crippen LogP contribution in [0.15, 0.2) is 89.5 Å². The molecule has 26 heavy (non-hydrogen) atoms. The number of hydrogen-bond acceptors (Lipinski definition) is 2. The molecule has 1 atom stereocenters. The molecule has 0 bridgehead atoms. The third kappa shape index (κ3) is 3.90. The highest BCUT2D eigenvalue weighted by atomic mass is 32.2. The molecule has 5 heteroatoms. The van der Waals surface area contributed by atoms with Gasteiger partial charge in [0.2, 0.25) is 10.0 Å². The Kier molecular flexibility index (Phi) is 5.32. The van der Waals surface area contributed by atoms with Gasteiger partial charge in [-0.1, -0.05) is 90.7 Å². The third-order valence-electron chi connectivity index (χ3n) is 4.95. The summed E-state index contributed by atoms with van der Waals surface area (Å²) >= 11 is 0. The Morgan fingerprint density at radius 3 is 2.23 bits per heavy atom. The molecular weight excluding hydrogens is 358 g/mol. The molecular formula is C21H25NO2SSi. The summed E-state index contributed by atoms with van der Waals surface area (Å²) in [6.07, 6.45) is 2.17. The van der Waals surface area contributed by atoms with E-state index < -0.39 is 18.1 Å². The summed E-state index contributed by atoms with van der Waals surface area (Å²) in [5, 5.41) is 1.37. The minimum Gasteiger partial charge on any atom is -0.207 e. The molecule has 0 spiro atoms. The first-order valence-electron chi connectivity index (χ1n) is 8.78. The van der Waals surface area contributed by atoms with Crippen molar-refractivity contribution in [3.05, 3.63) is 84.6 Å². The Hall–Kier alpha value is -1.95. The molecule has 1 saturated heterocycles. The van der Waals surface area contributed by atoms with E-state index in [9.17, 15) is 8.42 Å². The van der Waals surface area contributed by atoms with Crippen LogP contribution in [0.1, 0.15) is 0 Å². The largest absolute Gasteiger partial charge is 0.243 e. The standard InChI is InChI=1S/C21H25NO2SSi/c1-18-16-22(25(23,24)20-10-6-4-7-11-20)17-19(18)14-15-26(2,3)21-12-8-5-9-13-21/h4-15,19H,1,16-17H2,2-3H3/b15-14+/t19-/m0/s1. The summed E-state index contributed by atoms with van der Waals surface area (Å²) in [6.45, 7) is 9.58. The average molecular weight is 384 g/mol. The van der Waals surface area contributed by atoms with E-state index in [1.165, 1.54) is 9.49 Å². The molecule has 0 unspecified atom stereocenters. The quantitative estimate of drug-likeness (QED) is 0.585. The van der Waals surface area contributed by atoms with Gasteiger partial charge in [0, 0.05) is 19.0 Å². The summed E-state index contributed by atoms with van der Waals surface area (Å²) in [5.74, 6) is 0.0731. The number of rotatable bonds is 5. The van der Waals surface area contributed by atoms with Gasteiger partial charge in [-0.2, -0.15) is 4.31 Å². The average Bonchev–Trinajstić information content (AvgIpc) is 3.03. The molecule has 1 heterocycles. The van der Waals surface area contributed by atoms with Gasteiger partial charge in [-0.3, -0.25) is 0 Å². The molecule has 3 nitrogen and oxygen atoms in total. The Balaban J connectivity index is 1.76. The molecule has 1 fully saturated rings. The highest BCUT2D eigenvalue weighted by Crippen LogP contribution is 2.28. The Morgan fingerprint density at radius 2 is 1.62 bits per heavy atom. The fourth-order valence-electron chi connectivity index (χ4n) is 3.20. The lowest BCUT2D eigenvalue weighted by molar-refractivity contribution is 0.471. The summed E-state index contributed by atoms with van der Waals surface area (Å²) < 4.78 is 27.2. The predicted octanol–water partition coefficient (Wildman–Crippen LogP) is 3.57. The second-order valence-corrected chi connectivity index (χ2v) is 13.6. The Morgan fingerprint density at radius 1 is 1.04 bits per heavy atom. The van der Waals surface area contributed by atoms with Crippen molar-refractivity contribution in [1.29, 1.82) is 0 Å². The lowest BCUT2D eigenvalue weighted by Gasteiger charge is -2.19. The topological polar surface area (TPSA) is 37.4 Å². The summed E-state index contributed by atoms with van der Waals surface area (Å²) in [6, 6.07) is 19.1. The van der Waals surface area contributed by atoms with Gasteiger partial charge in [0.15, 0.2) is 0 Å². The van der Waals surface area contributed by atoms with Crippen molar-refractivity contribution in [3.8, 4) is 0 Å². The van der Waals surface area contributed by atoms with Crippen LogP contribution in [0.4, 0.5) is 0 Å². The number of benzene rings is 2. The normalized spacial score (nSPS) is 19.3. The monoisotopic (exact) mass is 383 g/mol. The maximum absolute atomic E-state index is 12.8. The van der Waals surface area contributed by atoms with Gasteiger partial charge in [0.05, 0.1) is 4.90 Å². The first kappa shape index (κ1) is 18.8. The van der Waals surface area contributed by atoms with Crippen LogP contribution in [-0.4, -0.2) is 33.9 Å². The van der Waals surface area contributed by atoms with Crippen LogP contribution in [-0.2, 0) is 10.0 Å². The summed E-state index contributed by atoms with van der Waals surface area (Å²) in [4.78, 5) is 0.344. The maximum Gasteiger partial charge on any atom is 0.243 e. The van der Waals surface area contributed by atoms with Gasteiger partial charge >= 0.3 is 0 Å². The van der Waals surface area contributed by atoms with Gasteiger partial charge in [0.1, 0.15) is 8.07 Å². The zero-order valence-electron chi connectivity index (χ0n) is 15.3. The SMILES string of the molecule is C=C1CN(S(=O)(=O)c2ccccc2)C[C@@H]1/C=C/[Si](C)(C)c1ccccc1. The van der Waals surface area contributed by atoms with Crippen molar-refractivity contribution in [2.45, 2.75) is 18.0 Å². The minimum atomic E-state index is -3.46. The van der Waals surface area contributed by atoms with Crippen LogP contribution < -0.4 is 5.19 Å². The first-order chi connectivity index (χ1) is 12.3. The lowest BCUT2D eigenvalue weighted by atomic mass is 10.1. The maximum atomic E-state index is 12.8. The highest BCUT2D eigenvalue weighted by Gasteiger charge is 2.34. The number of nitrogens with zero attached hydrogens (tertiary/aromatic N) is 1. The van der Waals surface area contributed by atoms with E-state index in [-0.39, 0.29) is 5.92 Å². The van der Waals surface area contributed by atoms with Gasteiger partial charge in [-0.15, -0.1) is 0 Å². The third-order valence-corrected chi connectivity index (χ3v) is 9.62. The van der Waals surface area contributed by atoms with Crippen molar-refractivity contribution in [1.82, 2.24) is 4.31 Å². The molecule has 0 saturated carbocycles. The Bertz CT molecular complexity index is 906. The smallest absolute Gasteiger partial charge is 0.207 e. The Labute approximate surface area is 157 Å². The van der Waals surface area contributed by atoms with E-state index in [2.05, 4.69) is 55.7 Å². The van der Waals surface area contributed by atoms with Crippen LogP contribution in [0.2, 0.25) is 13.1 Å². The summed E-state index contributed by atoms with van der Waals surface area (Å²) in [7, 11) is -5.16. The summed E-state index contributed by atoms with van der Waals surface area (Å²) in [5.41, 5.74) is 3.26. The van der Waals surface area contributed by atoms with Crippen molar-refractivity contribution in [2.24, 2.45) is 5.92 Å². The van der Waals surface area contributed by atoms with Crippen molar-refractivity contribution in [2.75, 3.05) is 13.1 Å². The van der Waals surface area contributed by atoms with Crippen LogP contribution >= 0.6 is 0 Å². The molecule has 136 valence electrons. The number of sulfonamides is 1. The van der Waals surface area contributed by atoms with Gasteiger partial charge < -0.3 is 0 Å². The van der Waals surface area contributed by atoms with Crippen LogP contribution in [0, 0.1) is 5.92 Å². The van der Waals surface area contributed by atoms with Crippen molar-refractivity contribution >= 4 is 23.3 Å². The van der Waals surface area contributed by atoms with E-state index in [0.29, 0.717) is 18.0 Å².